The van der Waals surface area contributed by atoms with Crippen LogP contribution in [0.2, 0.25) is 4.47 Å². The van der Waals surface area contributed by atoms with Crippen molar-refractivity contribution in [1.29, 1.82) is 0 Å². The molecule has 0 aliphatic carbocycles. The van der Waals surface area contributed by atoms with Gasteiger partial charge in [0.2, 0.25) is 0 Å². The van der Waals surface area contributed by atoms with Crippen molar-refractivity contribution in [3.8, 4) is 0 Å². The number of carbonyl (C=O) groups excluding carboxylic acids is 1. The third kappa shape index (κ3) is 5.83. The quantitative estimate of drug-likeness (QED) is 0.356. The number of nitrogen functional groups attached to an aromatic ring is 1. The van der Waals surface area contributed by atoms with E-state index in [1.165, 1.54) is 17.7 Å². The molecular weight excluding hydrogens is 408 g/mol. The lowest BCUT2D eigenvalue weighted by molar-refractivity contribution is -0.144. The molecule has 0 fully saturated rings. The van der Waals surface area contributed by atoms with Gasteiger partial charge in [0.15, 0.2) is 15.9 Å². The molecule has 0 aromatic carbocycles. The standard InChI is InChI=1S/C16H19ClN6O4S/c17-16-22-11(8-28-16)7-12(24)27-6-5-26-4-3-25-2-1-23-10-21-13-14(18)19-9-20-15(13)23/h8-10H,1-7H2,(H2,18,19,20). The van der Waals surface area contributed by atoms with E-state index in [1.807, 2.05) is 4.57 Å². The van der Waals surface area contributed by atoms with Gasteiger partial charge in [-0.3, -0.25) is 4.79 Å². The van der Waals surface area contributed by atoms with E-state index in [0.717, 1.165) is 0 Å². The normalized spacial score (nSPS) is 11.2. The number of aromatic nitrogens is 5. The summed E-state index contributed by atoms with van der Waals surface area (Å²) in [5.74, 6) is -0.00651. The molecular formula is C16H19ClN6O4S. The Morgan fingerprint density at radius 2 is 1.93 bits per heavy atom. The number of hydrogen-bond donors (Lipinski definition) is 1. The van der Waals surface area contributed by atoms with Crippen molar-refractivity contribution in [1.82, 2.24) is 24.5 Å². The first-order chi connectivity index (χ1) is 13.6. The third-order valence-corrected chi connectivity index (χ3v) is 4.65. The second-order valence-electron chi connectivity index (χ2n) is 5.58. The van der Waals surface area contributed by atoms with Gasteiger partial charge in [0, 0.05) is 11.9 Å². The maximum atomic E-state index is 11.6. The van der Waals surface area contributed by atoms with Crippen LogP contribution in [0.15, 0.2) is 18.0 Å². The molecule has 0 aliphatic heterocycles. The average Bonchev–Trinajstić information content (AvgIpc) is 3.27. The molecule has 2 N–H and O–H groups in total. The largest absolute Gasteiger partial charge is 0.463 e. The van der Waals surface area contributed by atoms with Crippen molar-refractivity contribution in [2.24, 2.45) is 0 Å². The number of ether oxygens (including phenoxy) is 3. The third-order valence-electron chi connectivity index (χ3n) is 3.62. The van der Waals surface area contributed by atoms with Gasteiger partial charge in [-0.1, -0.05) is 11.6 Å². The zero-order chi connectivity index (χ0) is 19.8. The predicted molar refractivity (Wildman–Crippen MR) is 103 cm³/mol. The van der Waals surface area contributed by atoms with Gasteiger partial charge in [-0.15, -0.1) is 11.3 Å². The highest BCUT2D eigenvalue weighted by Crippen LogP contribution is 2.15. The Labute approximate surface area is 169 Å². The summed E-state index contributed by atoms with van der Waals surface area (Å²) in [7, 11) is 0. The van der Waals surface area contributed by atoms with Gasteiger partial charge < -0.3 is 24.5 Å². The fraction of sp³-hybridized carbons (Fsp3) is 0.438. The zero-order valence-electron chi connectivity index (χ0n) is 14.9. The van der Waals surface area contributed by atoms with E-state index in [1.54, 1.807) is 11.7 Å². The minimum absolute atomic E-state index is 0.103. The van der Waals surface area contributed by atoms with Crippen molar-refractivity contribution < 1.29 is 19.0 Å². The molecule has 0 aliphatic rings. The highest BCUT2D eigenvalue weighted by Gasteiger charge is 2.08. The monoisotopic (exact) mass is 426 g/mol. The van der Waals surface area contributed by atoms with Gasteiger partial charge in [-0.2, -0.15) is 0 Å². The number of rotatable bonds is 11. The maximum Gasteiger partial charge on any atom is 0.311 e. The van der Waals surface area contributed by atoms with E-state index in [9.17, 15) is 4.79 Å². The van der Waals surface area contributed by atoms with Crippen molar-refractivity contribution in [3.63, 3.8) is 0 Å². The molecule has 3 rings (SSSR count). The van der Waals surface area contributed by atoms with E-state index in [0.29, 0.717) is 60.1 Å². The minimum Gasteiger partial charge on any atom is -0.463 e. The first kappa shape index (κ1) is 20.4. The number of halogens is 1. The highest BCUT2D eigenvalue weighted by atomic mass is 35.5. The number of nitrogens with zero attached hydrogens (tertiary/aromatic N) is 5. The Morgan fingerprint density at radius 1 is 1.14 bits per heavy atom. The van der Waals surface area contributed by atoms with Crippen LogP contribution in [0, 0.1) is 0 Å². The molecule has 0 unspecified atom stereocenters. The van der Waals surface area contributed by atoms with Gasteiger partial charge >= 0.3 is 5.97 Å². The number of fused-ring (bicyclic) bond motifs is 1. The Bertz CT molecular complexity index is 918. The van der Waals surface area contributed by atoms with Crippen LogP contribution in [0.1, 0.15) is 5.69 Å². The van der Waals surface area contributed by atoms with E-state index >= 15 is 0 Å². The topological polar surface area (TPSA) is 127 Å². The summed E-state index contributed by atoms with van der Waals surface area (Å²) < 4.78 is 18.2. The fourth-order valence-electron chi connectivity index (χ4n) is 2.32. The minimum atomic E-state index is -0.362. The van der Waals surface area contributed by atoms with Crippen LogP contribution in [-0.4, -0.2) is 63.5 Å². The molecule has 0 radical (unpaired) electrons. The van der Waals surface area contributed by atoms with E-state index in [4.69, 9.17) is 31.5 Å². The Hall–Kier alpha value is -2.34. The SMILES string of the molecule is Nc1ncnc2c1ncn2CCOCCOCCOC(=O)Cc1csc(Cl)n1. The lowest BCUT2D eigenvalue weighted by Crippen LogP contribution is -2.15. The van der Waals surface area contributed by atoms with Gasteiger partial charge in [0.25, 0.3) is 0 Å². The van der Waals surface area contributed by atoms with Crippen molar-refractivity contribution in [2.75, 3.05) is 38.8 Å². The molecule has 0 saturated carbocycles. The molecule has 28 heavy (non-hydrogen) atoms. The summed E-state index contributed by atoms with van der Waals surface area (Å²) in [5.41, 5.74) is 7.61. The van der Waals surface area contributed by atoms with Gasteiger partial charge in [-0.05, 0) is 0 Å². The molecule has 0 bridgehead atoms. The number of imidazole rings is 1. The molecule has 0 spiro atoms. The number of thiazole rings is 1. The van der Waals surface area contributed by atoms with E-state index < -0.39 is 0 Å². The molecule has 0 amide bonds. The molecule has 0 atom stereocenters. The average molecular weight is 427 g/mol. The number of carbonyl (C=O) groups is 1. The second-order valence-corrected chi connectivity index (χ2v) is 7.02. The van der Waals surface area contributed by atoms with Crippen molar-refractivity contribution >= 4 is 45.9 Å². The molecule has 12 heteroatoms. The first-order valence-electron chi connectivity index (χ1n) is 8.46. The van der Waals surface area contributed by atoms with Crippen LogP contribution >= 0.6 is 22.9 Å². The molecule has 3 aromatic rings. The van der Waals surface area contributed by atoms with Gasteiger partial charge in [0.05, 0.1) is 44.9 Å². The summed E-state index contributed by atoms with van der Waals surface area (Å²) in [6.07, 6.45) is 3.17. The van der Waals surface area contributed by atoms with E-state index in [2.05, 4.69) is 19.9 Å². The fourth-order valence-corrected chi connectivity index (χ4v) is 3.11. The number of nitrogens with two attached hydrogens (primary N) is 1. The Morgan fingerprint density at radius 3 is 2.71 bits per heavy atom. The summed E-state index contributed by atoms with van der Waals surface area (Å²) in [4.78, 5) is 27.9. The Balaban J connectivity index is 1.22. The van der Waals surface area contributed by atoms with Crippen LogP contribution in [0.5, 0.6) is 0 Å². The summed E-state index contributed by atoms with van der Waals surface area (Å²) in [5, 5.41) is 1.73. The van der Waals surface area contributed by atoms with Crippen LogP contribution in [0.3, 0.4) is 0 Å². The van der Waals surface area contributed by atoms with Crippen LogP contribution in [0.4, 0.5) is 5.82 Å². The van der Waals surface area contributed by atoms with Crippen LogP contribution in [0.25, 0.3) is 11.2 Å². The van der Waals surface area contributed by atoms with Gasteiger partial charge in [-0.25, -0.2) is 19.9 Å². The lowest BCUT2D eigenvalue weighted by Gasteiger charge is -2.07. The first-order valence-corrected chi connectivity index (χ1v) is 9.71. The molecule has 0 saturated heterocycles. The van der Waals surface area contributed by atoms with Crippen molar-refractivity contribution in [2.45, 2.75) is 13.0 Å². The number of esters is 1. The highest BCUT2D eigenvalue weighted by molar-refractivity contribution is 7.13. The van der Waals surface area contributed by atoms with Gasteiger partial charge in [0.1, 0.15) is 18.5 Å². The smallest absolute Gasteiger partial charge is 0.311 e. The molecule has 3 heterocycles. The van der Waals surface area contributed by atoms with Crippen LogP contribution < -0.4 is 5.73 Å². The number of anilines is 1. The van der Waals surface area contributed by atoms with Crippen molar-refractivity contribution in [3.05, 3.63) is 28.2 Å². The summed E-state index contributed by atoms with van der Waals surface area (Å²) in [6.45, 7) is 2.37. The van der Waals surface area contributed by atoms with E-state index in [-0.39, 0.29) is 19.0 Å². The summed E-state index contributed by atoms with van der Waals surface area (Å²) >= 11 is 6.99. The predicted octanol–water partition coefficient (Wildman–Crippen LogP) is 1.34. The molecule has 150 valence electrons. The summed E-state index contributed by atoms with van der Waals surface area (Å²) in [6, 6.07) is 0. The maximum absolute atomic E-state index is 11.6. The number of hydrogen-bond acceptors (Lipinski definition) is 10. The second kappa shape index (κ2) is 10.3. The lowest BCUT2D eigenvalue weighted by atomic mass is 10.3. The van der Waals surface area contributed by atoms with Crippen LogP contribution in [-0.2, 0) is 32.0 Å². The molecule has 10 nitrogen and oxygen atoms in total. The zero-order valence-corrected chi connectivity index (χ0v) is 16.5. The molecule has 3 aromatic heterocycles. The Kier molecular flexibility index (Phi) is 7.48.